The highest BCUT2D eigenvalue weighted by Crippen LogP contribution is 2.43. The Morgan fingerprint density at radius 3 is 2.47 bits per heavy atom. The van der Waals surface area contributed by atoms with Gasteiger partial charge in [-0.15, -0.1) is 0 Å². The van der Waals surface area contributed by atoms with Crippen LogP contribution in [0.3, 0.4) is 0 Å². The van der Waals surface area contributed by atoms with Crippen molar-refractivity contribution in [2.45, 2.75) is 6.04 Å². The third-order valence-corrected chi connectivity index (χ3v) is 5.88. The molecule has 0 spiro atoms. The molecule has 1 atom stereocenters. The average Bonchev–Trinajstić information content (AvgIpc) is 3.38. The number of nitrogens with zero attached hydrogens (tertiary/aromatic N) is 1. The maximum atomic E-state index is 13.6. The number of Topliss-reactive ketones (excluding diaryl/α,β-unsaturated/α-hetero) is 1. The first kappa shape index (κ1) is 21.7. The molecule has 34 heavy (non-hydrogen) atoms. The quantitative estimate of drug-likeness (QED) is 0.356. The van der Waals surface area contributed by atoms with Crippen LogP contribution in [0.5, 0.6) is 5.75 Å². The second-order valence-electron chi connectivity index (χ2n) is 7.69. The lowest BCUT2D eigenvalue weighted by Crippen LogP contribution is -2.31. The maximum Gasteiger partial charge on any atom is 0.294 e. The first-order chi connectivity index (χ1) is 16.4. The molecule has 4 aromatic rings. The summed E-state index contributed by atoms with van der Waals surface area (Å²) in [7, 11) is 1.45. The van der Waals surface area contributed by atoms with Gasteiger partial charge in [0.2, 0.25) is 5.78 Å². The third-order valence-electron chi connectivity index (χ3n) is 5.66. The molecule has 2 heterocycles. The molecule has 1 unspecified atom stereocenters. The Morgan fingerprint density at radius 1 is 1.09 bits per heavy atom. The van der Waals surface area contributed by atoms with Gasteiger partial charge in [0.25, 0.3) is 5.91 Å². The number of furan rings is 1. The van der Waals surface area contributed by atoms with Gasteiger partial charge in [-0.25, -0.2) is 4.39 Å². The highest BCUT2D eigenvalue weighted by Gasteiger charge is 2.45. The molecular formula is C26H17ClFNO5. The SMILES string of the molecule is COc1cc(Cl)cc2cc(C(=O)C3=C(O)C(=O)N(c4ccc(F)cc4)C3c3ccccc3)oc12. The van der Waals surface area contributed by atoms with Crippen molar-refractivity contribution in [3.8, 4) is 5.75 Å². The fourth-order valence-electron chi connectivity index (χ4n) is 4.14. The highest BCUT2D eigenvalue weighted by molar-refractivity contribution is 6.31. The lowest BCUT2D eigenvalue weighted by atomic mass is 9.95. The molecule has 0 saturated heterocycles. The van der Waals surface area contributed by atoms with Gasteiger partial charge in [-0.3, -0.25) is 14.5 Å². The minimum absolute atomic E-state index is 0.0909. The Morgan fingerprint density at radius 2 is 1.79 bits per heavy atom. The lowest BCUT2D eigenvalue weighted by Gasteiger charge is -2.26. The Kier molecular flexibility index (Phi) is 5.34. The molecular weight excluding hydrogens is 461 g/mol. The van der Waals surface area contributed by atoms with E-state index in [1.165, 1.54) is 42.3 Å². The van der Waals surface area contributed by atoms with Crippen LogP contribution in [0, 0.1) is 5.82 Å². The summed E-state index contributed by atoms with van der Waals surface area (Å²) >= 11 is 6.13. The Labute approximate surface area is 198 Å². The van der Waals surface area contributed by atoms with E-state index >= 15 is 0 Å². The molecule has 1 aliphatic rings. The van der Waals surface area contributed by atoms with Crippen LogP contribution in [0.2, 0.25) is 5.02 Å². The van der Waals surface area contributed by atoms with Crippen molar-refractivity contribution in [2.75, 3.05) is 12.0 Å². The minimum Gasteiger partial charge on any atom is -0.503 e. The number of methoxy groups -OCH3 is 1. The van der Waals surface area contributed by atoms with Crippen LogP contribution in [-0.2, 0) is 4.79 Å². The van der Waals surface area contributed by atoms with E-state index < -0.39 is 29.3 Å². The Balaban J connectivity index is 1.65. The van der Waals surface area contributed by atoms with Gasteiger partial charge in [0.05, 0.1) is 18.7 Å². The second kappa shape index (κ2) is 8.35. The molecule has 1 N–H and O–H groups in total. The van der Waals surface area contributed by atoms with Crippen molar-refractivity contribution in [3.05, 3.63) is 106 Å². The van der Waals surface area contributed by atoms with E-state index in [1.807, 2.05) is 0 Å². The predicted molar refractivity (Wildman–Crippen MR) is 125 cm³/mol. The number of rotatable bonds is 5. The summed E-state index contributed by atoms with van der Waals surface area (Å²) in [5.74, 6) is -2.37. The number of carbonyl (C=O) groups excluding carboxylic acids is 2. The highest BCUT2D eigenvalue weighted by atomic mass is 35.5. The van der Waals surface area contributed by atoms with Gasteiger partial charge < -0.3 is 14.3 Å². The summed E-state index contributed by atoms with van der Waals surface area (Å²) < 4.78 is 24.6. The molecule has 1 aromatic heterocycles. The van der Waals surface area contributed by atoms with Crippen LogP contribution in [-0.4, -0.2) is 23.9 Å². The smallest absolute Gasteiger partial charge is 0.294 e. The number of amides is 1. The number of aliphatic hydroxyl groups is 1. The number of benzene rings is 3. The topological polar surface area (TPSA) is 80.0 Å². The van der Waals surface area contributed by atoms with E-state index in [-0.39, 0.29) is 11.3 Å². The number of fused-ring (bicyclic) bond motifs is 1. The Bertz CT molecular complexity index is 1460. The van der Waals surface area contributed by atoms with Gasteiger partial charge >= 0.3 is 0 Å². The van der Waals surface area contributed by atoms with Crippen LogP contribution in [0.1, 0.15) is 22.2 Å². The van der Waals surface area contributed by atoms with E-state index in [0.29, 0.717) is 33.0 Å². The number of carbonyl (C=O) groups is 2. The zero-order chi connectivity index (χ0) is 24.0. The van der Waals surface area contributed by atoms with E-state index in [9.17, 15) is 19.1 Å². The molecule has 0 fully saturated rings. The number of hydrogen-bond donors (Lipinski definition) is 1. The van der Waals surface area contributed by atoms with Crippen molar-refractivity contribution in [1.82, 2.24) is 0 Å². The maximum absolute atomic E-state index is 13.6. The first-order valence-electron chi connectivity index (χ1n) is 10.3. The van der Waals surface area contributed by atoms with Gasteiger partial charge in [0, 0.05) is 22.2 Å². The van der Waals surface area contributed by atoms with Crippen molar-refractivity contribution < 1.29 is 28.2 Å². The molecule has 0 saturated carbocycles. The first-order valence-corrected chi connectivity index (χ1v) is 10.7. The van der Waals surface area contributed by atoms with Crippen LogP contribution in [0.25, 0.3) is 11.0 Å². The zero-order valence-corrected chi connectivity index (χ0v) is 18.5. The largest absolute Gasteiger partial charge is 0.503 e. The van der Waals surface area contributed by atoms with E-state index in [0.717, 1.165) is 0 Å². The molecule has 0 radical (unpaired) electrons. The molecule has 170 valence electrons. The van der Waals surface area contributed by atoms with Crippen LogP contribution in [0.15, 0.2) is 88.5 Å². The van der Waals surface area contributed by atoms with Crippen molar-refractivity contribution in [2.24, 2.45) is 0 Å². The Hall–Kier alpha value is -4.10. The standard InChI is InChI=1S/C26H17ClFNO5/c1-33-20-13-16(27)11-15-12-19(34-25(15)20)23(30)21-22(14-5-3-2-4-6-14)29(26(32)24(21)31)18-9-7-17(28)8-10-18/h2-13,22,31H,1H3. The van der Waals surface area contributed by atoms with E-state index in [2.05, 4.69) is 0 Å². The van der Waals surface area contributed by atoms with Gasteiger partial charge in [0.15, 0.2) is 22.9 Å². The molecule has 1 aliphatic heterocycles. The number of halogens is 2. The van der Waals surface area contributed by atoms with E-state index in [4.69, 9.17) is 20.8 Å². The third kappa shape index (κ3) is 3.50. The minimum atomic E-state index is -0.953. The summed E-state index contributed by atoms with van der Waals surface area (Å²) in [4.78, 5) is 28.1. The predicted octanol–water partition coefficient (Wildman–Crippen LogP) is 6.02. The number of ketones is 1. The summed E-state index contributed by atoms with van der Waals surface area (Å²) in [5.41, 5.74) is 1.08. The fraction of sp³-hybridized carbons (Fsp3) is 0.0769. The summed E-state index contributed by atoms with van der Waals surface area (Å²) in [6.45, 7) is 0. The van der Waals surface area contributed by atoms with Crippen LogP contribution >= 0.6 is 11.6 Å². The number of ether oxygens (including phenoxy) is 1. The van der Waals surface area contributed by atoms with Crippen molar-refractivity contribution in [1.29, 1.82) is 0 Å². The van der Waals surface area contributed by atoms with Gasteiger partial charge in [-0.1, -0.05) is 41.9 Å². The summed E-state index contributed by atoms with van der Waals surface area (Å²) in [6, 6.07) is 17.7. The number of anilines is 1. The van der Waals surface area contributed by atoms with Gasteiger partial charge in [0.1, 0.15) is 5.82 Å². The summed E-state index contributed by atoms with van der Waals surface area (Å²) in [6.07, 6.45) is 0. The van der Waals surface area contributed by atoms with Gasteiger partial charge in [-0.2, -0.15) is 0 Å². The number of aliphatic hydroxyl groups excluding tert-OH is 1. The molecule has 0 bridgehead atoms. The number of hydrogen-bond acceptors (Lipinski definition) is 5. The van der Waals surface area contributed by atoms with Crippen molar-refractivity contribution in [3.63, 3.8) is 0 Å². The van der Waals surface area contributed by atoms with Crippen LogP contribution < -0.4 is 9.64 Å². The molecule has 1 amide bonds. The molecule has 8 heteroatoms. The van der Waals surface area contributed by atoms with Crippen LogP contribution in [0.4, 0.5) is 10.1 Å². The molecule has 5 rings (SSSR count). The summed E-state index contributed by atoms with van der Waals surface area (Å²) in [5, 5.41) is 11.8. The van der Waals surface area contributed by atoms with Crippen molar-refractivity contribution >= 4 is 39.9 Å². The average molecular weight is 478 g/mol. The monoisotopic (exact) mass is 477 g/mol. The second-order valence-corrected chi connectivity index (χ2v) is 8.13. The molecule has 0 aliphatic carbocycles. The molecule has 6 nitrogen and oxygen atoms in total. The molecule has 3 aromatic carbocycles. The zero-order valence-electron chi connectivity index (χ0n) is 17.8. The normalized spacial score (nSPS) is 15.9. The van der Waals surface area contributed by atoms with Gasteiger partial charge in [-0.05, 0) is 42.0 Å². The van der Waals surface area contributed by atoms with E-state index in [1.54, 1.807) is 42.5 Å². The fourth-order valence-corrected chi connectivity index (χ4v) is 4.35. The lowest BCUT2D eigenvalue weighted by molar-refractivity contribution is -0.117.